The molecule has 8 heteroatoms. The molecular formula is C18H24N4O3S. The van der Waals surface area contributed by atoms with Crippen LogP contribution in [-0.2, 0) is 16.4 Å². The molecule has 0 aliphatic carbocycles. The minimum atomic E-state index is -3.71. The first-order valence-corrected chi connectivity index (χ1v) is 10.3. The maximum absolute atomic E-state index is 12.7. The second kappa shape index (κ2) is 7.59. The highest BCUT2D eigenvalue weighted by Gasteiger charge is 2.23. The molecule has 140 valence electrons. The Bertz CT molecular complexity index is 885. The highest BCUT2D eigenvalue weighted by atomic mass is 32.2. The van der Waals surface area contributed by atoms with Gasteiger partial charge in [0.25, 0.3) is 5.91 Å². The van der Waals surface area contributed by atoms with Crippen LogP contribution in [0.3, 0.4) is 0 Å². The van der Waals surface area contributed by atoms with E-state index in [1.165, 1.54) is 12.1 Å². The van der Waals surface area contributed by atoms with Gasteiger partial charge < -0.3 is 4.90 Å². The number of aryl methyl sites for hydroxylation is 1. The van der Waals surface area contributed by atoms with Gasteiger partial charge in [-0.05, 0) is 51.0 Å². The first-order chi connectivity index (χ1) is 12.3. The number of benzene rings is 1. The van der Waals surface area contributed by atoms with Crippen molar-refractivity contribution in [3.63, 3.8) is 0 Å². The molecule has 1 amide bonds. The molecule has 26 heavy (non-hydrogen) atoms. The van der Waals surface area contributed by atoms with Crippen molar-refractivity contribution in [1.82, 2.24) is 19.8 Å². The van der Waals surface area contributed by atoms with Gasteiger partial charge in [-0.15, -0.1) is 0 Å². The smallest absolute Gasteiger partial charge is 0.253 e. The van der Waals surface area contributed by atoms with Crippen LogP contribution in [0.5, 0.6) is 0 Å². The topological polar surface area (TPSA) is 95.2 Å². The largest absolute Gasteiger partial charge is 0.339 e. The molecule has 2 aromatic rings. The molecule has 0 bridgehead atoms. The summed E-state index contributed by atoms with van der Waals surface area (Å²) in [6.07, 6.45) is 2.47. The van der Waals surface area contributed by atoms with Crippen molar-refractivity contribution < 1.29 is 13.2 Å². The van der Waals surface area contributed by atoms with Crippen LogP contribution in [-0.4, -0.2) is 48.6 Å². The van der Waals surface area contributed by atoms with Crippen LogP contribution in [0.25, 0.3) is 0 Å². The minimum absolute atomic E-state index is 0.104. The van der Waals surface area contributed by atoms with Crippen molar-refractivity contribution in [3.05, 3.63) is 47.3 Å². The fourth-order valence-electron chi connectivity index (χ4n) is 3.17. The first-order valence-electron chi connectivity index (χ1n) is 8.78. The lowest BCUT2D eigenvalue weighted by atomic mass is 10.2. The van der Waals surface area contributed by atoms with E-state index in [0.717, 1.165) is 37.3 Å². The maximum atomic E-state index is 12.7. The quantitative estimate of drug-likeness (QED) is 0.804. The average Bonchev–Trinajstić information content (AvgIpc) is 3.25. The summed E-state index contributed by atoms with van der Waals surface area (Å²) in [5, 5.41) is 6.98. The Morgan fingerprint density at radius 3 is 2.69 bits per heavy atom. The van der Waals surface area contributed by atoms with Gasteiger partial charge in [-0.25, -0.2) is 13.1 Å². The van der Waals surface area contributed by atoms with Gasteiger partial charge in [0.1, 0.15) is 0 Å². The van der Waals surface area contributed by atoms with Crippen molar-refractivity contribution in [2.24, 2.45) is 0 Å². The Labute approximate surface area is 153 Å². The van der Waals surface area contributed by atoms with Gasteiger partial charge in [-0.2, -0.15) is 5.10 Å². The predicted octanol–water partition coefficient (Wildman–Crippen LogP) is 1.86. The zero-order chi connectivity index (χ0) is 18.7. The Morgan fingerprint density at radius 2 is 2.04 bits per heavy atom. The van der Waals surface area contributed by atoms with Crippen LogP contribution in [0.1, 0.15) is 41.5 Å². The lowest BCUT2D eigenvalue weighted by Gasteiger charge is -2.17. The lowest BCUT2D eigenvalue weighted by molar-refractivity contribution is 0.0792. The van der Waals surface area contributed by atoms with E-state index in [-0.39, 0.29) is 16.8 Å². The third kappa shape index (κ3) is 4.31. The van der Waals surface area contributed by atoms with E-state index in [1.807, 2.05) is 13.0 Å². The number of aromatic amines is 1. The van der Waals surface area contributed by atoms with Gasteiger partial charge in [0, 0.05) is 36.8 Å². The Hall–Kier alpha value is -2.19. The summed E-state index contributed by atoms with van der Waals surface area (Å²) in [7, 11) is -3.71. The molecule has 1 fully saturated rings. The Kier molecular flexibility index (Phi) is 5.43. The summed E-state index contributed by atoms with van der Waals surface area (Å²) in [4.78, 5) is 14.4. The summed E-state index contributed by atoms with van der Waals surface area (Å²) in [6, 6.07) is 7.80. The summed E-state index contributed by atoms with van der Waals surface area (Å²) < 4.78 is 28.0. The zero-order valence-electron chi connectivity index (χ0n) is 15.0. The molecule has 2 N–H and O–H groups in total. The standard InChI is InChI=1S/C18H24N4O3S/c1-13-10-16(20-19-13)11-14(2)21-26(24,25)17-7-5-6-15(12-17)18(23)22-8-3-4-9-22/h5-7,10,12,14,21H,3-4,8-9,11H2,1-2H3,(H,19,20). The van der Waals surface area contributed by atoms with E-state index in [1.54, 1.807) is 24.0 Å². The number of hydrogen-bond acceptors (Lipinski definition) is 4. The molecule has 0 radical (unpaired) electrons. The van der Waals surface area contributed by atoms with Crippen LogP contribution in [0.4, 0.5) is 0 Å². The SMILES string of the molecule is Cc1cc(CC(C)NS(=O)(=O)c2cccc(C(=O)N3CCCC3)c2)n[nH]1. The van der Waals surface area contributed by atoms with Gasteiger partial charge in [0.2, 0.25) is 10.0 Å². The number of amides is 1. The average molecular weight is 376 g/mol. The molecule has 1 aromatic heterocycles. The van der Waals surface area contributed by atoms with Crippen LogP contribution in [0.2, 0.25) is 0 Å². The number of nitrogens with one attached hydrogen (secondary N) is 2. The second-order valence-electron chi connectivity index (χ2n) is 6.80. The molecule has 1 aliphatic rings. The number of aromatic nitrogens is 2. The van der Waals surface area contributed by atoms with E-state index in [0.29, 0.717) is 12.0 Å². The van der Waals surface area contributed by atoms with Gasteiger partial charge in [-0.1, -0.05) is 6.07 Å². The minimum Gasteiger partial charge on any atom is -0.339 e. The summed E-state index contributed by atoms with van der Waals surface area (Å²) in [5.41, 5.74) is 2.14. The molecular weight excluding hydrogens is 352 g/mol. The van der Waals surface area contributed by atoms with Crippen molar-refractivity contribution in [3.8, 4) is 0 Å². The van der Waals surface area contributed by atoms with Crippen molar-refractivity contribution in [2.45, 2.75) is 44.0 Å². The van der Waals surface area contributed by atoms with Crippen LogP contribution >= 0.6 is 0 Å². The molecule has 1 aliphatic heterocycles. The normalized spacial score (nSPS) is 16.0. The van der Waals surface area contributed by atoms with Gasteiger partial charge >= 0.3 is 0 Å². The molecule has 1 aromatic carbocycles. The highest BCUT2D eigenvalue weighted by Crippen LogP contribution is 2.17. The maximum Gasteiger partial charge on any atom is 0.253 e. The summed E-state index contributed by atoms with van der Waals surface area (Å²) in [5.74, 6) is -0.111. The second-order valence-corrected chi connectivity index (χ2v) is 8.51. The van der Waals surface area contributed by atoms with E-state index < -0.39 is 10.0 Å². The number of H-pyrrole nitrogens is 1. The third-order valence-corrected chi connectivity index (χ3v) is 6.00. The summed E-state index contributed by atoms with van der Waals surface area (Å²) >= 11 is 0. The number of sulfonamides is 1. The van der Waals surface area contributed by atoms with E-state index in [4.69, 9.17) is 0 Å². The molecule has 1 unspecified atom stereocenters. The number of carbonyl (C=O) groups is 1. The zero-order valence-corrected chi connectivity index (χ0v) is 15.8. The lowest BCUT2D eigenvalue weighted by Crippen LogP contribution is -2.34. The van der Waals surface area contributed by atoms with E-state index in [2.05, 4.69) is 14.9 Å². The van der Waals surface area contributed by atoms with Crippen LogP contribution < -0.4 is 4.72 Å². The molecule has 2 heterocycles. The Morgan fingerprint density at radius 1 is 1.31 bits per heavy atom. The summed E-state index contributed by atoms with van der Waals surface area (Å²) in [6.45, 7) is 5.15. The molecule has 3 rings (SSSR count). The highest BCUT2D eigenvalue weighted by molar-refractivity contribution is 7.89. The molecule has 0 saturated carbocycles. The monoisotopic (exact) mass is 376 g/mol. The number of rotatable bonds is 6. The van der Waals surface area contributed by atoms with Crippen molar-refractivity contribution in [1.29, 1.82) is 0 Å². The van der Waals surface area contributed by atoms with Gasteiger partial charge in [0.05, 0.1) is 10.6 Å². The van der Waals surface area contributed by atoms with E-state index in [9.17, 15) is 13.2 Å². The molecule has 0 spiro atoms. The third-order valence-electron chi connectivity index (χ3n) is 4.42. The predicted molar refractivity (Wildman–Crippen MR) is 98.4 cm³/mol. The van der Waals surface area contributed by atoms with Crippen LogP contribution in [0.15, 0.2) is 35.2 Å². The number of likely N-dealkylation sites (tertiary alicyclic amines) is 1. The fourth-order valence-corrected chi connectivity index (χ4v) is 4.46. The van der Waals surface area contributed by atoms with Crippen molar-refractivity contribution in [2.75, 3.05) is 13.1 Å². The van der Waals surface area contributed by atoms with Crippen LogP contribution in [0, 0.1) is 6.92 Å². The molecule has 7 nitrogen and oxygen atoms in total. The van der Waals surface area contributed by atoms with E-state index >= 15 is 0 Å². The van der Waals surface area contributed by atoms with Gasteiger partial charge in [0.15, 0.2) is 0 Å². The van der Waals surface area contributed by atoms with Gasteiger partial charge in [-0.3, -0.25) is 9.89 Å². The fraction of sp³-hybridized carbons (Fsp3) is 0.444. The number of carbonyl (C=O) groups excluding carboxylic acids is 1. The first kappa shape index (κ1) is 18.6. The molecule has 1 saturated heterocycles. The molecule has 1 atom stereocenters. The number of nitrogens with zero attached hydrogens (tertiary/aromatic N) is 2. The Balaban J connectivity index is 1.72. The number of hydrogen-bond donors (Lipinski definition) is 2. The van der Waals surface area contributed by atoms with Crippen molar-refractivity contribution >= 4 is 15.9 Å².